The highest BCUT2D eigenvalue weighted by atomic mass is 19.2. The number of carbonyl (C=O) groups is 3. The molecule has 2 aliphatic heterocycles. The van der Waals surface area contributed by atoms with E-state index < -0.39 is 29.5 Å². The number of hydrogen-bond donors (Lipinski definition) is 0. The van der Waals surface area contributed by atoms with E-state index in [1.165, 1.54) is 6.07 Å². The Bertz CT molecular complexity index is 740. The van der Waals surface area contributed by atoms with Gasteiger partial charge in [-0.15, -0.1) is 0 Å². The van der Waals surface area contributed by atoms with Gasteiger partial charge in [-0.1, -0.05) is 0 Å². The van der Waals surface area contributed by atoms with Crippen molar-refractivity contribution in [3.8, 4) is 0 Å². The lowest BCUT2D eigenvalue weighted by Gasteiger charge is -2.34. The zero-order valence-corrected chi connectivity index (χ0v) is 14.4. The van der Waals surface area contributed by atoms with Crippen molar-refractivity contribution in [2.24, 2.45) is 5.92 Å². The average Bonchev–Trinajstić information content (AvgIpc) is 2.92. The van der Waals surface area contributed by atoms with E-state index in [9.17, 15) is 23.2 Å². The molecule has 2 atom stereocenters. The van der Waals surface area contributed by atoms with Gasteiger partial charge in [-0.3, -0.25) is 19.3 Å². The number of amides is 2. The molecule has 6 nitrogen and oxygen atoms in total. The number of imide groups is 1. The van der Waals surface area contributed by atoms with Gasteiger partial charge in [0, 0.05) is 12.6 Å². The molecule has 3 rings (SSSR count). The molecule has 8 heteroatoms. The molecule has 0 bridgehead atoms. The van der Waals surface area contributed by atoms with Crippen LogP contribution in [0, 0.1) is 17.6 Å². The number of rotatable bonds is 4. The van der Waals surface area contributed by atoms with E-state index in [-0.39, 0.29) is 24.0 Å². The molecule has 0 aromatic heterocycles. The smallest absolute Gasteiger partial charge is 0.310 e. The van der Waals surface area contributed by atoms with Gasteiger partial charge in [-0.2, -0.15) is 0 Å². The summed E-state index contributed by atoms with van der Waals surface area (Å²) in [6, 6.07) is 2.23. The largest absolute Gasteiger partial charge is 0.466 e. The lowest BCUT2D eigenvalue weighted by molar-refractivity contribution is -0.150. The summed E-state index contributed by atoms with van der Waals surface area (Å²) in [7, 11) is 0. The Morgan fingerprint density at radius 1 is 1.27 bits per heavy atom. The van der Waals surface area contributed by atoms with Crippen molar-refractivity contribution < 1.29 is 27.9 Å². The van der Waals surface area contributed by atoms with Crippen molar-refractivity contribution in [2.45, 2.75) is 32.2 Å². The van der Waals surface area contributed by atoms with Gasteiger partial charge in [-0.25, -0.2) is 13.7 Å². The van der Waals surface area contributed by atoms with Gasteiger partial charge in [0.1, 0.15) is 0 Å². The number of esters is 1. The topological polar surface area (TPSA) is 66.9 Å². The molecular weight excluding hydrogens is 346 g/mol. The molecule has 0 spiro atoms. The van der Waals surface area contributed by atoms with E-state index in [0.717, 1.165) is 17.0 Å². The fourth-order valence-electron chi connectivity index (χ4n) is 3.54. The summed E-state index contributed by atoms with van der Waals surface area (Å²) in [6.45, 7) is 2.96. The number of anilines is 1. The Kier molecular flexibility index (Phi) is 5.31. The summed E-state index contributed by atoms with van der Waals surface area (Å²) >= 11 is 0. The minimum Gasteiger partial charge on any atom is -0.466 e. The molecule has 2 unspecified atom stereocenters. The summed E-state index contributed by atoms with van der Waals surface area (Å²) in [5, 5.41) is 0. The fourth-order valence-corrected chi connectivity index (χ4v) is 3.54. The molecule has 0 N–H and O–H groups in total. The van der Waals surface area contributed by atoms with Gasteiger partial charge in [0.05, 0.1) is 30.7 Å². The van der Waals surface area contributed by atoms with Crippen molar-refractivity contribution in [1.82, 2.24) is 4.90 Å². The number of halogens is 2. The summed E-state index contributed by atoms with van der Waals surface area (Å²) in [6.07, 6.45) is 1.34. The molecule has 140 valence electrons. The monoisotopic (exact) mass is 366 g/mol. The number of carbonyl (C=O) groups excluding carboxylic acids is 3. The Hall–Kier alpha value is -2.35. The summed E-state index contributed by atoms with van der Waals surface area (Å²) < 4.78 is 31.6. The number of benzene rings is 1. The first kappa shape index (κ1) is 18.4. The van der Waals surface area contributed by atoms with Crippen LogP contribution in [0.2, 0.25) is 0 Å². The Morgan fingerprint density at radius 3 is 2.73 bits per heavy atom. The second-order valence-electron chi connectivity index (χ2n) is 6.47. The maximum absolute atomic E-state index is 13.5. The van der Waals surface area contributed by atoms with E-state index in [2.05, 4.69) is 0 Å². The molecule has 0 aliphatic carbocycles. The van der Waals surface area contributed by atoms with Crippen LogP contribution in [0.4, 0.5) is 14.5 Å². The van der Waals surface area contributed by atoms with Crippen molar-refractivity contribution in [1.29, 1.82) is 0 Å². The second kappa shape index (κ2) is 7.49. The van der Waals surface area contributed by atoms with Crippen LogP contribution >= 0.6 is 0 Å². The SMILES string of the molecule is CCOC(=O)C1CCCN(C2CC(=O)N(c3ccc(F)c(F)c3)C2=O)C1. The lowest BCUT2D eigenvalue weighted by Crippen LogP contribution is -2.48. The summed E-state index contributed by atoms with van der Waals surface area (Å²) in [4.78, 5) is 39.7. The molecule has 2 saturated heterocycles. The first-order valence-corrected chi connectivity index (χ1v) is 8.65. The molecule has 2 fully saturated rings. The highest BCUT2D eigenvalue weighted by Gasteiger charge is 2.44. The van der Waals surface area contributed by atoms with Crippen LogP contribution in [0.25, 0.3) is 0 Å². The van der Waals surface area contributed by atoms with Gasteiger partial charge >= 0.3 is 5.97 Å². The van der Waals surface area contributed by atoms with Crippen LogP contribution in [0.1, 0.15) is 26.2 Å². The standard InChI is InChI=1S/C18H20F2N2O4/c1-2-26-18(25)11-4-3-7-21(10-11)15-9-16(23)22(17(15)24)12-5-6-13(19)14(20)8-12/h5-6,8,11,15H,2-4,7,9-10H2,1H3. The van der Waals surface area contributed by atoms with Crippen molar-refractivity contribution in [3.05, 3.63) is 29.8 Å². The van der Waals surface area contributed by atoms with E-state index in [0.29, 0.717) is 32.5 Å². The van der Waals surface area contributed by atoms with Crippen molar-refractivity contribution >= 4 is 23.5 Å². The van der Waals surface area contributed by atoms with Crippen molar-refractivity contribution in [2.75, 3.05) is 24.6 Å². The van der Waals surface area contributed by atoms with Gasteiger partial charge < -0.3 is 4.74 Å². The van der Waals surface area contributed by atoms with Crippen LogP contribution < -0.4 is 4.90 Å². The molecule has 0 radical (unpaired) electrons. The normalized spacial score (nSPS) is 24.2. The summed E-state index contributed by atoms with van der Waals surface area (Å²) in [5.41, 5.74) is 0.0142. The molecular formula is C18H20F2N2O4. The third kappa shape index (κ3) is 3.46. The zero-order chi connectivity index (χ0) is 18.8. The number of hydrogen-bond acceptors (Lipinski definition) is 5. The third-order valence-corrected chi connectivity index (χ3v) is 4.80. The van der Waals surface area contributed by atoms with Crippen LogP contribution in [0.5, 0.6) is 0 Å². The van der Waals surface area contributed by atoms with Gasteiger partial charge in [0.15, 0.2) is 11.6 Å². The number of ether oxygens (including phenoxy) is 1. The highest BCUT2D eigenvalue weighted by molar-refractivity contribution is 6.22. The molecule has 1 aromatic carbocycles. The quantitative estimate of drug-likeness (QED) is 0.601. The van der Waals surface area contributed by atoms with E-state index in [4.69, 9.17) is 4.74 Å². The molecule has 1 aromatic rings. The van der Waals surface area contributed by atoms with Gasteiger partial charge in [0.25, 0.3) is 5.91 Å². The predicted octanol–water partition coefficient (Wildman–Crippen LogP) is 1.87. The maximum Gasteiger partial charge on any atom is 0.310 e. The summed E-state index contributed by atoms with van der Waals surface area (Å²) in [5.74, 6) is -3.74. The predicted molar refractivity (Wildman–Crippen MR) is 88.2 cm³/mol. The third-order valence-electron chi connectivity index (χ3n) is 4.80. The lowest BCUT2D eigenvalue weighted by atomic mass is 9.96. The highest BCUT2D eigenvalue weighted by Crippen LogP contribution is 2.29. The zero-order valence-electron chi connectivity index (χ0n) is 14.4. The average molecular weight is 366 g/mol. The first-order chi connectivity index (χ1) is 12.4. The van der Waals surface area contributed by atoms with Crippen LogP contribution in [0.15, 0.2) is 18.2 Å². The van der Waals surface area contributed by atoms with Gasteiger partial charge in [0.2, 0.25) is 5.91 Å². The van der Waals surface area contributed by atoms with Crippen LogP contribution in [-0.2, 0) is 19.1 Å². The molecule has 2 heterocycles. The van der Waals surface area contributed by atoms with Crippen molar-refractivity contribution in [3.63, 3.8) is 0 Å². The van der Waals surface area contributed by atoms with Crippen LogP contribution in [0.3, 0.4) is 0 Å². The van der Waals surface area contributed by atoms with E-state index >= 15 is 0 Å². The number of likely N-dealkylation sites (tertiary alicyclic amines) is 1. The Balaban J connectivity index is 1.75. The van der Waals surface area contributed by atoms with Gasteiger partial charge in [-0.05, 0) is 38.4 Å². The minimum atomic E-state index is -1.12. The molecule has 26 heavy (non-hydrogen) atoms. The fraction of sp³-hybridized carbons (Fsp3) is 0.500. The van der Waals surface area contributed by atoms with Crippen LogP contribution in [-0.4, -0.2) is 48.4 Å². The number of nitrogens with zero attached hydrogens (tertiary/aromatic N) is 2. The minimum absolute atomic E-state index is 0.0142. The maximum atomic E-state index is 13.5. The Labute approximate surface area is 149 Å². The molecule has 0 saturated carbocycles. The number of piperidine rings is 1. The first-order valence-electron chi connectivity index (χ1n) is 8.65. The second-order valence-corrected chi connectivity index (χ2v) is 6.47. The van der Waals surface area contributed by atoms with E-state index in [1.807, 2.05) is 4.90 Å². The Morgan fingerprint density at radius 2 is 2.04 bits per heavy atom. The molecule has 2 aliphatic rings. The molecule has 2 amide bonds. The van der Waals surface area contributed by atoms with E-state index in [1.54, 1.807) is 6.92 Å².